The van der Waals surface area contributed by atoms with Crippen LogP contribution in [0.3, 0.4) is 0 Å². The van der Waals surface area contributed by atoms with Gasteiger partial charge in [-0.1, -0.05) is 0 Å². The molecule has 1 aliphatic heterocycles. The van der Waals surface area contributed by atoms with Gasteiger partial charge in [0, 0.05) is 43.3 Å². The Morgan fingerprint density at radius 1 is 1.29 bits per heavy atom. The zero-order chi connectivity index (χ0) is 14.8. The van der Waals surface area contributed by atoms with Gasteiger partial charge in [-0.2, -0.15) is 0 Å². The highest BCUT2D eigenvalue weighted by Crippen LogP contribution is 2.20. The predicted molar refractivity (Wildman–Crippen MR) is 81.0 cm³/mol. The number of hydrogen-bond acceptors (Lipinski definition) is 5. The Labute approximate surface area is 128 Å². The lowest BCUT2D eigenvalue weighted by molar-refractivity contribution is 0.404. The molecule has 0 atom stereocenters. The summed E-state index contributed by atoms with van der Waals surface area (Å²) in [5.74, 6) is -0.239. The lowest BCUT2D eigenvalue weighted by Crippen LogP contribution is -2.24. The lowest BCUT2D eigenvalue weighted by Gasteiger charge is -2.17. The van der Waals surface area contributed by atoms with Crippen molar-refractivity contribution >= 4 is 27.0 Å². The minimum atomic E-state index is -0.359. The third-order valence-electron chi connectivity index (χ3n) is 3.12. The number of fused-ring (bicyclic) bond motifs is 1. The molecule has 0 saturated carbocycles. The number of nitrogens with zero attached hydrogens (tertiary/aromatic N) is 2. The van der Waals surface area contributed by atoms with Gasteiger partial charge in [0.15, 0.2) is 5.76 Å². The van der Waals surface area contributed by atoms with Crippen LogP contribution in [-0.4, -0.2) is 21.6 Å². The topological polar surface area (TPSA) is 70.1 Å². The molecule has 1 aromatic heterocycles. The zero-order valence-corrected chi connectivity index (χ0v) is 12.5. The molecule has 2 aromatic rings. The van der Waals surface area contributed by atoms with Gasteiger partial charge in [-0.3, -0.25) is 9.97 Å². The Morgan fingerprint density at radius 3 is 2.76 bits per heavy atom. The molecule has 0 aliphatic carbocycles. The van der Waals surface area contributed by atoms with Crippen molar-refractivity contribution in [2.45, 2.75) is 6.54 Å². The average molecular weight is 351 g/mol. The third kappa shape index (κ3) is 2.82. The van der Waals surface area contributed by atoms with Crippen molar-refractivity contribution in [3.63, 3.8) is 0 Å². The smallest absolute Gasteiger partial charge is 0.152 e. The predicted octanol–water partition coefficient (Wildman–Crippen LogP) is 2.47. The Bertz CT molecular complexity index is 760. The molecule has 2 heterocycles. The second-order valence-electron chi connectivity index (χ2n) is 4.53. The molecule has 21 heavy (non-hydrogen) atoms. The first-order valence-corrected chi connectivity index (χ1v) is 7.09. The number of benzene rings is 1. The molecule has 0 unspecified atom stereocenters. The van der Waals surface area contributed by atoms with Crippen LogP contribution in [0.4, 0.5) is 4.39 Å². The van der Waals surface area contributed by atoms with Crippen LogP contribution in [0.2, 0.25) is 0 Å². The molecule has 0 fully saturated rings. The molecule has 3 rings (SSSR count). The standard InChI is InChI=1S/C14H12BrFN4O/c15-9-6-17-7-13(14(9)21)20-5-8-3-11-12(4-10(8)16)19-2-1-18-11/h1-4,7,17,20-21H,5-6H2. The number of rotatable bonds is 3. The summed E-state index contributed by atoms with van der Waals surface area (Å²) in [6, 6.07) is 3.01. The maximum absolute atomic E-state index is 14.0. The fraction of sp³-hybridized carbons (Fsp3) is 0.143. The summed E-state index contributed by atoms with van der Waals surface area (Å²) in [4.78, 5) is 8.21. The van der Waals surface area contributed by atoms with Gasteiger partial charge in [0.05, 0.1) is 21.2 Å². The van der Waals surface area contributed by atoms with Crippen molar-refractivity contribution in [2.24, 2.45) is 0 Å². The van der Waals surface area contributed by atoms with E-state index in [1.165, 1.54) is 12.3 Å². The summed E-state index contributed by atoms with van der Waals surface area (Å²) in [7, 11) is 0. The van der Waals surface area contributed by atoms with E-state index < -0.39 is 0 Å². The second kappa shape index (κ2) is 5.69. The maximum atomic E-state index is 14.0. The van der Waals surface area contributed by atoms with Crippen molar-refractivity contribution in [3.05, 3.63) is 58.0 Å². The van der Waals surface area contributed by atoms with Crippen molar-refractivity contribution in [1.29, 1.82) is 0 Å². The first kappa shape index (κ1) is 13.8. The molecule has 0 spiro atoms. The Balaban J connectivity index is 1.82. The number of nitrogens with one attached hydrogen (secondary N) is 2. The summed E-state index contributed by atoms with van der Waals surface area (Å²) in [5, 5.41) is 15.9. The molecule has 1 aliphatic rings. The van der Waals surface area contributed by atoms with Gasteiger partial charge in [-0.15, -0.1) is 0 Å². The fourth-order valence-corrected chi connectivity index (χ4v) is 2.41. The van der Waals surface area contributed by atoms with Gasteiger partial charge < -0.3 is 15.7 Å². The Kier molecular flexibility index (Phi) is 3.74. The Hall–Kier alpha value is -2.15. The normalized spacial score (nSPS) is 14.9. The average Bonchev–Trinajstić information content (AvgIpc) is 2.49. The van der Waals surface area contributed by atoms with Gasteiger partial charge in [0.2, 0.25) is 0 Å². The van der Waals surface area contributed by atoms with E-state index in [1.54, 1.807) is 18.5 Å². The minimum Gasteiger partial charge on any atom is -0.505 e. The maximum Gasteiger partial charge on any atom is 0.152 e. The van der Waals surface area contributed by atoms with E-state index in [4.69, 9.17) is 0 Å². The first-order valence-electron chi connectivity index (χ1n) is 6.29. The third-order valence-corrected chi connectivity index (χ3v) is 3.78. The van der Waals surface area contributed by atoms with E-state index in [-0.39, 0.29) is 18.1 Å². The van der Waals surface area contributed by atoms with E-state index in [1.807, 2.05) is 0 Å². The SMILES string of the molecule is OC1=C(Br)CNC=C1NCc1cc2nccnc2cc1F. The van der Waals surface area contributed by atoms with E-state index in [0.717, 1.165) is 0 Å². The van der Waals surface area contributed by atoms with Crippen LogP contribution in [0.25, 0.3) is 11.0 Å². The Morgan fingerprint density at radius 2 is 2.00 bits per heavy atom. The molecule has 0 bridgehead atoms. The number of aliphatic hydroxyl groups excluding tert-OH is 1. The second-order valence-corrected chi connectivity index (χ2v) is 5.49. The van der Waals surface area contributed by atoms with Gasteiger partial charge in [0.1, 0.15) is 5.82 Å². The molecular weight excluding hydrogens is 339 g/mol. The van der Waals surface area contributed by atoms with Gasteiger partial charge in [-0.25, -0.2) is 4.39 Å². The highest BCUT2D eigenvalue weighted by molar-refractivity contribution is 9.11. The minimum absolute atomic E-state index is 0.120. The fourth-order valence-electron chi connectivity index (χ4n) is 2.03. The van der Waals surface area contributed by atoms with Gasteiger partial charge >= 0.3 is 0 Å². The molecule has 5 nitrogen and oxygen atoms in total. The van der Waals surface area contributed by atoms with Crippen LogP contribution in [0, 0.1) is 5.82 Å². The zero-order valence-electron chi connectivity index (χ0n) is 10.9. The summed E-state index contributed by atoms with van der Waals surface area (Å²) < 4.78 is 14.7. The van der Waals surface area contributed by atoms with Gasteiger partial charge in [0.25, 0.3) is 0 Å². The summed E-state index contributed by atoms with van der Waals surface area (Å²) in [6.45, 7) is 0.757. The summed E-state index contributed by atoms with van der Waals surface area (Å²) in [6.07, 6.45) is 4.74. The van der Waals surface area contributed by atoms with Crippen molar-refractivity contribution in [1.82, 2.24) is 20.6 Å². The number of aromatic nitrogens is 2. The molecule has 0 amide bonds. The van der Waals surface area contributed by atoms with Crippen LogP contribution in [-0.2, 0) is 6.54 Å². The molecule has 0 radical (unpaired) electrons. The molecule has 7 heteroatoms. The number of halogens is 2. The highest BCUT2D eigenvalue weighted by atomic mass is 79.9. The monoisotopic (exact) mass is 350 g/mol. The quantitative estimate of drug-likeness (QED) is 0.793. The van der Waals surface area contributed by atoms with Crippen LogP contribution in [0.5, 0.6) is 0 Å². The van der Waals surface area contributed by atoms with Crippen LogP contribution < -0.4 is 10.6 Å². The van der Waals surface area contributed by atoms with Crippen LogP contribution >= 0.6 is 15.9 Å². The summed E-state index contributed by atoms with van der Waals surface area (Å²) >= 11 is 3.26. The first-order chi connectivity index (χ1) is 10.1. The van der Waals surface area contributed by atoms with Gasteiger partial charge in [-0.05, 0) is 22.0 Å². The molecule has 1 aromatic carbocycles. The number of hydrogen-bond donors (Lipinski definition) is 3. The largest absolute Gasteiger partial charge is 0.505 e. The van der Waals surface area contributed by atoms with E-state index in [0.29, 0.717) is 33.3 Å². The molecule has 0 saturated heterocycles. The number of aliphatic hydroxyl groups is 1. The molecular formula is C14H12BrFN4O. The lowest BCUT2D eigenvalue weighted by atomic mass is 10.1. The number of dihydropyridines is 1. The van der Waals surface area contributed by atoms with E-state index in [9.17, 15) is 9.50 Å². The van der Waals surface area contributed by atoms with Crippen LogP contribution in [0.1, 0.15) is 5.56 Å². The van der Waals surface area contributed by atoms with Crippen molar-refractivity contribution in [2.75, 3.05) is 6.54 Å². The highest BCUT2D eigenvalue weighted by Gasteiger charge is 2.14. The van der Waals surface area contributed by atoms with E-state index in [2.05, 4.69) is 36.5 Å². The van der Waals surface area contributed by atoms with Crippen molar-refractivity contribution < 1.29 is 9.50 Å². The van der Waals surface area contributed by atoms with Crippen LogP contribution in [0.15, 0.2) is 46.7 Å². The molecule has 3 N–H and O–H groups in total. The van der Waals surface area contributed by atoms with E-state index >= 15 is 0 Å². The molecule has 108 valence electrons. The summed E-state index contributed by atoms with van der Waals surface area (Å²) in [5.41, 5.74) is 2.11. The van der Waals surface area contributed by atoms with Crippen molar-refractivity contribution in [3.8, 4) is 0 Å².